The second-order valence-corrected chi connectivity index (χ2v) is 24.2. The van der Waals surface area contributed by atoms with E-state index in [2.05, 4.69) is 86.3 Å². The van der Waals surface area contributed by atoms with Gasteiger partial charge in [-0.25, -0.2) is 14.6 Å². The van der Waals surface area contributed by atoms with Gasteiger partial charge >= 0.3 is 0 Å². The molecule has 2 aromatic carbocycles. The molecule has 3 aromatic heterocycles. The number of nitrogens with zero attached hydrogens (tertiary/aromatic N) is 7. The van der Waals surface area contributed by atoms with Crippen molar-refractivity contribution < 1.29 is 33.5 Å². The molecule has 4 saturated heterocycles. The molecule has 5 aliphatic rings. The zero-order valence-corrected chi connectivity index (χ0v) is 38.5. The van der Waals surface area contributed by atoms with Crippen molar-refractivity contribution in [1.29, 1.82) is 0 Å². The summed E-state index contributed by atoms with van der Waals surface area (Å²) in [5.41, 5.74) is 7.26. The molecule has 0 atom stereocenters. The molecule has 0 spiro atoms. The number of hydrogen-bond donors (Lipinski definition) is 1. The van der Waals surface area contributed by atoms with Crippen molar-refractivity contribution in [2.75, 3.05) is 95.4 Å². The first-order chi connectivity index (χ1) is 29.7. The van der Waals surface area contributed by atoms with E-state index in [4.69, 9.17) is 38.5 Å². The van der Waals surface area contributed by atoms with E-state index in [0.717, 1.165) is 126 Å². The van der Waals surface area contributed by atoms with Gasteiger partial charge in [0.05, 0.1) is 74.6 Å². The maximum Gasteiger partial charge on any atom is 0.145 e. The van der Waals surface area contributed by atoms with Gasteiger partial charge in [0.25, 0.3) is 0 Å². The Morgan fingerprint density at radius 2 is 1.40 bits per heavy atom. The molecule has 5 aliphatic heterocycles. The van der Waals surface area contributed by atoms with Crippen LogP contribution in [0, 0.1) is 0 Å². The summed E-state index contributed by atoms with van der Waals surface area (Å²) in [5.74, 6) is 3.02. The highest BCUT2D eigenvalue weighted by Gasteiger charge is 2.24. The zero-order chi connectivity index (χ0) is 42.2. The molecule has 5 aromatic rings. The predicted molar refractivity (Wildman–Crippen MR) is 255 cm³/mol. The smallest absolute Gasteiger partial charge is 0.145 e. The number of aliphatic imine (C=N–C) groups is 1. The summed E-state index contributed by atoms with van der Waals surface area (Å²) in [6.45, 7) is 18.5. The van der Waals surface area contributed by atoms with Gasteiger partial charge in [0.15, 0.2) is 0 Å². The first-order valence-electron chi connectivity index (χ1n) is 21.2. The van der Waals surface area contributed by atoms with Gasteiger partial charge in [0.1, 0.15) is 41.7 Å². The molecule has 0 radical (unpaired) electrons. The Bertz CT molecular complexity index is 2270. The Kier molecular flexibility index (Phi) is 15.9. The number of anilines is 2. The van der Waals surface area contributed by atoms with Crippen LogP contribution in [0.15, 0.2) is 78.0 Å². The fraction of sp³-hybridized carbons (Fsp3) is 0.478. The third kappa shape index (κ3) is 11.9. The monoisotopic (exact) mass is 977 g/mol. The molecular weight excluding hydrogens is 918 g/mol. The number of phenols is 1. The van der Waals surface area contributed by atoms with E-state index in [0.29, 0.717) is 39.7 Å². The minimum absolute atomic E-state index is 0. The lowest BCUT2D eigenvalue weighted by Gasteiger charge is -2.28. The van der Waals surface area contributed by atoms with Crippen molar-refractivity contribution in [3.8, 4) is 22.8 Å². The van der Waals surface area contributed by atoms with Crippen LogP contribution in [0.5, 0.6) is 11.5 Å². The van der Waals surface area contributed by atoms with Gasteiger partial charge in [-0.3, -0.25) is 4.99 Å². The molecule has 0 saturated carbocycles. The number of alkyl halides is 1. The van der Waals surface area contributed by atoms with Crippen molar-refractivity contribution in [3.63, 3.8) is 0 Å². The number of ether oxygens (including phenoxy) is 6. The van der Waals surface area contributed by atoms with Crippen LogP contribution in [0.1, 0.15) is 24.1 Å². The summed E-state index contributed by atoms with van der Waals surface area (Å²) in [5, 5.41) is 15.8. The van der Waals surface area contributed by atoms with Crippen molar-refractivity contribution in [1.82, 2.24) is 19.7 Å². The molecular formula is C46H60IN7O7Si. The molecule has 4 fully saturated rings. The topological polar surface area (TPSA) is 138 Å². The van der Waals surface area contributed by atoms with Gasteiger partial charge in [-0.2, -0.15) is 5.10 Å². The first-order valence-corrected chi connectivity index (χ1v) is 26.1. The second-order valence-electron chi connectivity index (χ2n) is 16.8. The van der Waals surface area contributed by atoms with Gasteiger partial charge < -0.3 is 43.3 Å². The quantitative estimate of drug-likeness (QED) is 0.0609. The van der Waals surface area contributed by atoms with Crippen LogP contribution in [0.3, 0.4) is 0 Å². The van der Waals surface area contributed by atoms with E-state index in [-0.39, 0.29) is 19.3 Å². The number of rotatable bonds is 11. The Hall–Kier alpha value is -4.17. The van der Waals surface area contributed by atoms with Crippen LogP contribution < -0.4 is 14.5 Å². The molecule has 0 amide bonds. The third-order valence-electron chi connectivity index (χ3n) is 10.9. The van der Waals surface area contributed by atoms with Gasteiger partial charge in [-0.15, -0.1) is 0 Å². The summed E-state index contributed by atoms with van der Waals surface area (Å²) in [6.07, 6.45) is 3.86. The number of aromatic hydroxyl groups is 1. The van der Waals surface area contributed by atoms with Crippen LogP contribution in [0.25, 0.3) is 22.2 Å². The maximum absolute atomic E-state index is 10.1. The molecule has 0 bridgehead atoms. The molecule has 1 N–H and O–H groups in total. The van der Waals surface area contributed by atoms with Crippen LogP contribution in [0.2, 0.25) is 25.7 Å². The summed E-state index contributed by atoms with van der Waals surface area (Å²) in [4.78, 5) is 18.4. The van der Waals surface area contributed by atoms with E-state index < -0.39 is 8.07 Å². The van der Waals surface area contributed by atoms with E-state index in [1.807, 2.05) is 41.3 Å². The number of morpholine rings is 2. The Morgan fingerprint density at radius 3 is 2.00 bits per heavy atom. The largest absolute Gasteiger partial charge is 0.508 e. The highest BCUT2D eigenvalue weighted by molar-refractivity contribution is 14.1. The Labute approximate surface area is 379 Å². The average molecular weight is 978 g/mol. The third-order valence-corrected chi connectivity index (χ3v) is 13.3. The summed E-state index contributed by atoms with van der Waals surface area (Å²) >= 11 is 2.37. The molecule has 332 valence electrons. The first kappa shape index (κ1) is 45.8. The number of benzene rings is 2. The predicted octanol–water partition coefficient (Wildman–Crippen LogP) is 7.46. The Morgan fingerprint density at radius 1 is 0.774 bits per heavy atom. The van der Waals surface area contributed by atoms with Crippen LogP contribution in [0.4, 0.5) is 11.6 Å². The van der Waals surface area contributed by atoms with Crippen molar-refractivity contribution in [2.24, 2.45) is 4.99 Å². The zero-order valence-electron chi connectivity index (χ0n) is 35.3. The van der Waals surface area contributed by atoms with Gasteiger partial charge in [-0.05, 0) is 66.2 Å². The summed E-state index contributed by atoms with van der Waals surface area (Å²) in [7, 11) is -1.14. The molecule has 10 rings (SSSR count). The van der Waals surface area contributed by atoms with Gasteiger partial charge in [-0.1, -0.05) is 55.7 Å². The highest BCUT2D eigenvalue weighted by Crippen LogP contribution is 2.33. The molecule has 14 nitrogen and oxygen atoms in total. The number of fused-ring (bicyclic) bond motifs is 2. The van der Waals surface area contributed by atoms with E-state index >= 15 is 0 Å². The number of phenolic OH excluding ortho intramolecular Hbond substituents is 1. The number of halogens is 1. The molecule has 0 unspecified atom stereocenters. The summed E-state index contributed by atoms with van der Waals surface area (Å²) in [6, 6.07) is 20.9. The molecule has 0 aliphatic carbocycles. The fourth-order valence-electron chi connectivity index (χ4n) is 7.24. The van der Waals surface area contributed by atoms with Crippen molar-refractivity contribution in [2.45, 2.75) is 56.4 Å². The second kappa shape index (κ2) is 21.5. The standard InChI is InChI=1S/C22H30N4O3Si.C20H21N3O3.C3H5IO.CH4/c1-30(2,3)13-12-29-16-26-20-5-4-18(27)15-19(20)22(24-26)17-6-7-23-21(14-17)25-8-10-28-11-9-25;1-2-16(26-17-12-25-13-17)10-18-15(1)11-22-20(18)14-3-4-21-19(9-14)23-5-7-24-8-6-23;4-3-1-5-2-3;/h4-7,14-15,27H,8-13,16H2,1-3H3;1-4,9-10,17H,5-8,11-13H2;3H,1-2H2;1H4. The van der Waals surface area contributed by atoms with Crippen LogP contribution >= 0.6 is 22.6 Å². The lowest BCUT2D eigenvalue weighted by Crippen LogP contribution is -2.38. The molecule has 16 heteroatoms. The van der Waals surface area contributed by atoms with Crippen molar-refractivity contribution >= 4 is 58.9 Å². The van der Waals surface area contributed by atoms with Crippen molar-refractivity contribution in [3.05, 3.63) is 89.7 Å². The normalized spacial score (nSPS) is 17.6. The van der Waals surface area contributed by atoms with Gasteiger partial charge in [0, 0.05) is 75.3 Å². The highest BCUT2D eigenvalue weighted by atomic mass is 127. The van der Waals surface area contributed by atoms with E-state index in [1.54, 1.807) is 12.1 Å². The van der Waals surface area contributed by atoms with Crippen LogP contribution in [-0.4, -0.2) is 134 Å². The SMILES string of the molecule is C.C[Si](C)(C)CCOCn1nc(-c2ccnc(N3CCOCC3)c2)c2cc(O)ccc21.IC1COC1.c1cc(C2=NCc3ccc(OC4COC4)cc32)cc(N2CCOCC2)n1. The minimum Gasteiger partial charge on any atom is -0.508 e. The molecule has 62 heavy (non-hydrogen) atoms. The van der Waals surface area contributed by atoms with E-state index in [9.17, 15) is 5.11 Å². The maximum atomic E-state index is 10.1. The Balaban J connectivity index is 0.000000166. The fourth-order valence-corrected chi connectivity index (χ4v) is 8.50. The summed E-state index contributed by atoms with van der Waals surface area (Å²) < 4.78 is 35.5. The number of hydrogen-bond acceptors (Lipinski definition) is 13. The lowest BCUT2D eigenvalue weighted by molar-refractivity contribution is -0.0796. The van der Waals surface area contributed by atoms with E-state index in [1.165, 1.54) is 5.56 Å². The average Bonchev–Trinajstić information content (AvgIpc) is 3.85. The lowest BCUT2D eigenvalue weighted by atomic mass is 10.0. The van der Waals surface area contributed by atoms with Crippen LogP contribution in [-0.2, 0) is 37.0 Å². The number of aromatic nitrogens is 4. The number of pyridine rings is 2. The van der Waals surface area contributed by atoms with Gasteiger partial charge in [0.2, 0.25) is 0 Å². The molecule has 8 heterocycles. The minimum atomic E-state index is -1.14.